The molecule has 3 atom stereocenters. The number of fused-ring (bicyclic) bond motifs is 1. The van der Waals surface area contributed by atoms with Crippen molar-refractivity contribution in [3.05, 3.63) is 72.2 Å². The fourth-order valence-electron chi connectivity index (χ4n) is 4.10. The van der Waals surface area contributed by atoms with Crippen LogP contribution in [0.2, 0.25) is 0 Å². The Balaban J connectivity index is 1.31. The summed E-state index contributed by atoms with van der Waals surface area (Å²) in [5.74, 6) is -0.228. The first kappa shape index (κ1) is 21.9. The predicted molar refractivity (Wildman–Crippen MR) is 122 cm³/mol. The van der Waals surface area contributed by atoms with Crippen LogP contribution in [0.25, 0.3) is 0 Å². The minimum Gasteiger partial charge on any atom is -0.484 e. The first-order valence-corrected chi connectivity index (χ1v) is 10.9. The highest BCUT2D eigenvalue weighted by Gasteiger charge is 2.45. The van der Waals surface area contributed by atoms with Crippen LogP contribution in [-0.2, 0) is 9.59 Å². The Morgan fingerprint density at radius 2 is 1.97 bits per heavy atom. The van der Waals surface area contributed by atoms with Gasteiger partial charge in [0.2, 0.25) is 5.91 Å². The van der Waals surface area contributed by atoms with Crippen LogP contribution in [0.15, 0.2) is 60.7 Å². The Kier molecular flexibility index (Phi) is 5.86. The summed E-state index contributed by atoms with van der Waals surface area (Å²) in [6.45, 7) is 2.04. The van der Waals surface area contributed by atoms with Crippen LogP contribution in [0, 0.1) is 18.7 Å². The number of aryl methyl sites for hydroxylation is 1. The molecule has 0 saturated carbocycles. The normalized spacial score (nSPS) is 21.6. The lowest BCUT2D eigenvalue weighted by atomic mass is 10.0. The SMILES string of the molecule is Cc1cc(NC(=O)COc2ccccc2)n(C2NC(=O)C3CNN(c4ccc(F)cc4)C3N2)n1. The first-order chi connectivity index (χ1) is 16.5. The maximum absolute atomic E-state index is 13.4. The minimum atomic E-state index is -0.712. The Labute approximate surface area is 195 Å². The van der Waals surface area contributed by atoms with Crippen molar-refractivity contribution in [3.8, 4) is 5.75 Å². The minimum absolute atomic E-state index is 0.163. The standard InChI is InChI=1S/C23H24FN7O3/c1-14-11-19(26-20(32)13-34-17-5-3-2-4-6-17)31(29-14)23-27-21-18(22(33)28-23)12-25-30(21)16-9-7-15(24)8-10-16/h2-11,18,21,23,25,27H,12-13H2,1H3,(H,26,32)(H,28,33). The number of aromatic nitrogens is 2. The van der Waals surface area contributed by atoms with Gasteiger partial charge in [-0.15, -0.1) is 0 Å². The zero-order valence-electron chi connectivity index (χ0n) is 18.4. The Bertz CT molecular complexity index is 1190. The van der Waals surface area contributed by atoms with Crippen molar-refractivity contribution in [2.75, 3.05) is 23.5 Å². The number of nitrogens with one attached hydrogen (secondary N) is 4. The zero-order chi connectivity index (χ0) is 23.7. The lowest BCUT2D eigenvalue weighted by Crippen LogP contribution is -2.61. The Morgan fingerprint density at radius 1 is 1.21 bits per heavy atom. The number of halogens is 1. The molecular weight excluding hydrogens is 441 g/mol. The summed E-state index contributed by atoms with van der Waals surface area (Å²) in [4.78, 5) is 25.4. The molecule has 0 radical (unpaired) electrons. The van der Waals surface area contributed by atoms with Crippen LogP contribution in [-0.4, -0.2) is 40.9 Å². The molecule has 2 aromatic carbocycles. The number of rotatable bonds is 6. The van der Waals surface area contributed by atoms with Gasteiger partial charge < -0.3 is 15.4 Å². The molecule has 5 rings (SSSR count). The first-order valence-electron chi connectivity index (χ1n) is 10.9. The summed E-state index contributed by atoms with van der Waals surface area (Å²) in [6.07, 6.45) is -1.12. The molecule has 2 saturated heterocycles. The molecule has 11 heteroatoms. The van der Waals surface area contributed by atoms with E-state index in [1.807, 2.05) is 18.2 Å². The monoisotopic (exact) mass is 465 g/mol. The third kappa shape index (κ3) is 4.43. The van der Waals surface area contributed by atoms with Crippen LogP contribution in [0.1, 0.15) is 12.0 Å². The lowest BCUT2D eigenvalue weighted by Gasteiger charge is -2.37. The molecular formula is C23H24FN7O3. The van der Waals surface area contributed by atoms with E-state index in [1.54, 1.807) is 42.3 Å². The van der Waals surface area contributed by atoms with Crippen LogP contribution in [0.5, 0.6) is 5.75 Å². The van der Waals surface area contributed by atoms with E-state index in [0.29, 0.717) is 23.8 Å². The van der Waals surface area contributed by atoms with Crippen molar-refractivity contribution in [2.24, 2.45) is 5.92 Å². The summed E-state index contributed by atoms with van der Waals surface area (Å²) in [5.41, 5.74) is 4.58. The average molecular weight is 465 g/mol. The molecule has 2 amide bonds. The second-order valence-corrected chi connectivity index (χ2v) is 8.10. The summed E-state index contributed by atoms with van der Waals surface area (Å²) in [6, 6.07) is 16.8. The number of carbonyl (C=O) groups excluding carboxylic acids is 2. The van der Waals surface area contributed by atoms with Crippen molar-refractivity contribution in [2.45, 2.75) is 19.4 Å². The van der Waals surface area contributed by atoms with Crippen LogP contribution < -0.4 is 31.1 Å². The largest absolute Gasteiger partial charge is 0.484 e. The van der Waals surface area contributed by atoms with Gasteiger partial charge in [0.05, 0.1) is 17.3 Å². The quantitative estimate of drug-likeness (QED) is 0.436. The van der Waals surface area contributed by atoms with Crippen molar-refractivity contribution in [3.63, 3.8) is 0 Å². The number of hydrogen-bond acceptors (Lipinski definition) is 7. The number of anilines is 2. The van der Waals surface area contributed by atoms with E-state index in [-0.39, 0.29) is 30.2 Å². The summed E-state index contributed by atoms with van der Waals surface area (Å²) >= 11 is 0. The van der Waals surface area contributed by atoms with Gasteiger partial charge in [0.1, 0.15) is 23.6 Å². The third-order valence-electron chi connectivity index (χ3n) is 5.67. The highest BCUT2D eigenvalue weighted by molar-refractivity contribution is 5.91. The lowest BCUT2D eigenvalue weighted by molar-refractivity contribution is -0.129. The van der Waals surface area contributed by atoms with Crippen molar-refractivity contribution < 1.29 is 18.7 Å². The van der Waals surface area contributed by atoms with E-state index in [0.717, 1.165) is 5.69 Å². The summed E-state index contributed by atoms with van der Waals surface area (Å²) in [7, 11) is 0. The van der Waals surface area contributed by atoms with Gasteiger partial charge in [-0.25, -0.2) is 14.5 Å². The molecule has 2 fully saturated rings. The molecule has 2 aliphatic rings. The molecule has 0 aliphatic carbocycles. The number of amides is 2. The number of para-hydroxylation sites is 1. The van der Waals surface area contributed by atoms with E-state index in [1.165, 1.54) is 16.8 Å². The maximum Gasteiger partial charge on any atom is 0.263 e. The molecule has 4 N–H and O–H groups in total. The van der Waals surface area contributed by atoms with E-state index < -0.39 is 12.5 Å². The van der Waals surface area contributed by atoms with E-state index in [9.17, 15) is 14.0 Å². The van der Waals surface area contributed by atoms with Gasteiger partial charge in [-0.3, -0.25) is 19.9 Å². The van der Waals surface area contributed by atoms with Gasteiger partial charge in [-0.2, -0.15) is 5.10 Å². The molecule has 3 heterocycles. The smallest absolute Gasteiger partial charge is 0.263 e. The van der Waals surface area contributed by atoms with Crippen LogP contribution >= 0.6 is 0 Å². The zero-order valence-corrected chi connectivity index (χ0v) is 18.4. The van der Waals surface area contributed by atoms with Gasteiger partial charge in [0.25, 0.3) is 5.91 Å². The molecule has 2 aliphatic heterocycles. The molecule has 3 unspecified atom stereocenters. The molecule has 34 heavy (non-hydrogen) atoms. The van der Waals surface area contributed by atoms with E-state index in [4.69, 9.17) is 4.74 Å². The van der Waals surface area contributed by atoms with Crippen molar-refractivity contribution in [1.82, 2.24) is 25.8 Å². The summed E-state index contributed by atoms with van der Waals surface area (Å²) in [5, 5.41) is 15.3. The highest BCUT2D eigenvalue weighted by Crippen LogP contribution is 2.28. The van der Waals surface area contributed by atoms with Gasteiger partial charge >= 0.3 is 0 Å². The predicted octanol–water partition coefficient (Wildman–Crippen LogP) is 1.49. The van der Waals surface area contributed by atoms with Crippen LogP contribution in [0.3, 0.4) is 0 Å². The molecule has 0 bridgehead atoms. The maximum atomic E-state index is 13.4. The number of hydrogen-bond donors (Lipinski definition) is 4. The van der Waals surface area contributed by atoms with Gasteiger partial charge in [0.15, 0.2) is 12.9 Å². The van der Waals surface area contributed by atoms with Gasteiger partial charge in [0, 0.05) is 12.6 Å². The highest BCUT2D eigenvalue weighted by atomic mass is 19.1. The second-order valence-electron chi connectivity index (χ2n) is 8.10. The topological polar surface area (TPSA) is 113 Å². The number of nitrogens with zero attached hydrogens (tertiary/aromatic N) is 3. The fourth-order valence-corrected chi connectivity index (χ4v) is 4.10. The van der Waals surface area contributed by atoms with E-state index in [2.05, 4.69) is 26.5 Å². The fraction of sp³-hybridized carbons (Fsp3) is 0.261. The van der Waals surface area contributed by atoms with Gasteiger partial charge in [-0.1, -0.05) is 18.2 Å². The number of benzene rings is 2. The number of ether oxygens (including phenoxy) is 1. The van der Waals surface area contributed by atoms with Crippen molar-refractivity contribution in [1.29, 1.82) is 0 Å². The average Bonchev–Trinajstić information content (AvgIpc) is 3.42. The second kappa shape index (κ2) is 9.12. The van der Waals surface area contributed by atoms with Gasteiger partial charge in [-0.05, 0) is 43.3 Å². The molecule has 10 nitrogen and oxygen atoms in total. The molecule has 176 valence electrons. The number of hydrazine groups is 1. The molecule has 3 aromatic rings. The third-order valence-corrected chi connectivity index (χ3v) is 5.67. The molecule has 0 spiro atoms. The number of carbonyl (C=O) groups is 2. The van der Waals surface area contributed by atoms with E-state index >= 15 is 0 Å². The Hall–Kier alpha value is -3.96. The van der Waals surface area contributed by atoms with Crippen LogP contribution in [0.4, 0.5) is 15.9 Å². The van der Waals surface area contributed by atoms with Crippen molar-refractivity contribution >= 4 is 23.3 Å². The molecule has 1 aromatic heterocycles. The Morgan fingerprint density at radius 3 is 2.74 bits per heavy atom. The summed E-state index contributed by atoms with van der Waals surface area (Å²) < 4.78 is 20.4.